The van der Waals surface area contributed by atoms with Crippen molar-refractivity contribution < 1.29 is 22.8 Å². The summed E-state index contributed by atoms with van der Waals surface area (Å²) in [7, 11) is 11.0. The van der Waals surface area contributed by atoms with E-state index in [0.717, 1.165) is 32.1 Å². The molecule has 0 bridgehead atoms. The van der Waals surface area contributed by atoms with Crippen molar-refractivity contribution in [2.45, 2.75) is 299 Å². The molecule has 15 aromatic rings. The van der Waals surface area contributed by atoms with Gasteiger partial charge in [-0.25, -0.2) is 22.8 Å². The predicted octanol–water partition coefficient (Wildman–Crippen LogP) is 33.1. The maximum atomic E-state index is 2.46. The molecular weight excluding hydrogens is 1690 g/mol. The van der Waals surface area contributed by atoms with Crippen molar-refractivity contribution in [3.63, 3.8) is 0 Å². The minimum absolute atomic E-state index is 0.522. The Balaban J connectivity index is 0.000000126. The van der Waals surface area contributed by atoms with Crippen LogP contribution in [0.5, 0.6) is 0 Å². The van der Waals surface area contributed by atoms with Gasteiger partial charge in [0, 0.05) is 58.1 Å². The van der Waals surface area contributed by atoms with Crippen molar-refractivity contribution in [2.24, 2.45) is 35.2 Å². The second-order valence-corrected chi connectivity index (χ2v) is 45.4. The van der Waals surface area contributed by atoms with Crippen LogP contribution in [0.4, 0.5) is 0 Å². The third kappa shape index (κ3) is 19.1. The largest absolute Gasteiger partial charge is 0.213 e. The maximum Gasteiger partial charge on any atom is 0.213 e. The van der Waals surface area contributed by atoms with Gasteiger partial charge in [0.2, 0.25) is 28.5 Å². The van der Waals surface area contributed by atoms with Gasteiger partial charge in [-0.2, -0.15) is 0 Å². The van der Waals surface area contributed by atoms with Gasteiger partial charge >= 0.3 is 0 Å². The predicted molar refractivity (Wildman–Crippen MR) is 595 cm³/mol. The number of pyridine rings is 5. The smallest absolute Gasteiger partial charge is 0.201 e. The van der Waals surface area contributed by atoms with Gasteiger partial charge in [0.25, 0.3) is 0 Å². The molecule has 20 rings (SSSR count). The number of fused-ring (bicyclic) bond motifs is 15. The second kappa shape index (κ2) is 40.5. The number of hydrogen-bond donors (Lipinski definition) is 0. The molecule has 10 aromatic carbocycles. The highest BCUT2D eigenvalue weighted by Gasteiger charge is 2.37. The van der Waals surface area contributed by atoms with Crippen LogP contribution in [0, 0.1) is 69.2 Å². The highest BCUT2D eigenvalue weighted by Crippen LogP contribution is 2.52. The number of benzene rings is 10. The fourth-order valence-corrected chi connectivity index (χ4v) is 24.3. The summed E-state index contributed by atoms with van der Waals surface area (Å²) in [4.78, 5) is 0. The molecule has 0 radical (unpaired) electrons. The van der Waals surface area contributed by atoms with Crippen LogP contribution in [0.1, 0.15) is 365 Å². The summed E-state index contributed by atoms with van der Waals surface area (Å²) in [6.45, 7) is 68.5. The van der Waals surface area contributed by atoms with E-state index >= 15 is 0 Å². The van der Waals surface area contributed by atoms with Crippen LogP contribution in [0.15, 0.2) is 213 Å². The third-order valence-electron chi connectivity index (χ3n) is 31.6. The van der Waals surface area contributed by atoms with E-state index in [2.05, 4.69) is 479 Å². The summed E-state index contributed by atoms with van der Waals surface area (Å²) in [6, 6.07) is 69.3. The van der Waals surface area contributed by atoms with E-state index in [4.69, 9.17) is 0 Å². The molecule has 0 atom stereocenters. The minimum atomic E-state index is 0.522. The van der Waals surface area contributed by atoms with Crippen molar-refractivity contribution in [2.75, 3.05) is 0 Å². The Morgan fingerprint density at radius 3 is 0.871 bits per heavy atom. The van der Waals surface area contributed by atoms with E-state index in [1.807, 2.05) is 0 Å². The molecule has 0 aliphatic heterocycles. The lowest BCUT2D eigenvalue weighted by Crippen LogP contribution is -2.33. The maximum absolute atomic E-state index is 2.46. The van der Waals surface area contributed by atoms with Gasteiger partial charge in [0.1, 0.15) is 35.2 Å². The quantitative estimate of drug-likeness (QED) is 0.0912. The first-order valence-electron chi connectivity index (χ1n) is 52.7. The van der Waals surface area contributed by atoms with Crippen molar-refractivity contribution >= 4 is 0 Å². The third-order valence-corrected chi connectivity index (χ3v) is 31.6. The average Bonchev–Trinajstić information content (AvgIpc) is 1.58. The highest BCUT2D eigenvalue weighted by atomic mass is 14.9. The number of nitrogens with zero attached hydrogens (tertiary/aromatic N) is 5. The zero-order valence-corrected chi connectivity index (χ0v) is 91.8. The molecule has 5 heterocycles. The van der Waals surface area contributed by atoms with Crippen molar-refractivity contribution in [3.8, 4) is 112 Å². The van der Waals surface area contributed by atoms with E-state index in [1.165, 1.54) is 279 Å². The van der Waals surface area contributed by atoms with Gasteiger partial charge in [0.05, 0.1) is 27.8 Å². The Hall–Kier alpha value is -12.1. The Labute approximate surface area is 843 Å². The summed E-state index contributed by atoms with van der Waals surface area (Å²) < 4.78 is 11.7. The minimum Gasteiger partial charge on any atom is -0.201 e. The fraction of sp³-hybridized carbons (Fsp3) is 0.370. The van der Waals surface area contributed by atoms with Gasteiger partial charge in [-0.05, 0) is 344 Å². The van der Waals surface area contributed by atoms with Crippen LogP contribution < -0.4 is 22.8 Å². The molecule has 0 fully saturated rings. The van der Waals surface area contributed by atoms with Gasteiger partial charge in [-0.15, -0.1) is 0 Å². The van der Waals surface area contributed by atoms with Gasteiger partial charge in [-0.3, -0.25) is 0 Å². The summed E-state index contributed by atoms with van der Waals surface area (Å²) in [5.74, 6) is 5.28. The number of hydrogen-bond acceptors (Lipinski definition) is 0. The SMILES string of the molecule is Cc1cc(C)c(-c2cc(C(C)C)c(C(C)C)c[n+]2C)c2c1-c1ccccc1C2.Cc1ccc2c(c1)-c1ccc(C)c(-c3cc(C(C)C)c(C(C)C)c[n+]3C)c1C2.Cc1ccc2c(c1)Cc1c-2ccc(C)c1-c1cc(C(C)C)c(C(C)C)c[n+]1C.Cc1cccc2c1-c1ccc(C)c(-c3cc(C(C)C)c(C(C)C)c[n+]3C)c1C2.Cc1cccc2c1Cc1c-2ccc(C)c1-c1cc(C(C)C)c(C(C)C)c[n+]1C. The summed E-state index contributed by atoms with van der Waals surface area (Å²) >= 11 is 0. The first-order valence-corrected chi connectivity index (χ1v) is 52.7. The van der Waals surface area contributed by atoms with Gasteiger partial charge in [-0.1, -0.05) is 301 Å². The van der Waals surface area contributed by atoms with E-state index in [0.29, 0.717) is 59.2 Å². The molecular formula is C135H160N5+5. The Morgan fingerprint density at radius 1 is 0.171 bits per heavy atom. The average molecular weight is 1850 g/mol. The lowest BCUT2D eigenvalue weighted by molar-refractivity contribution is -0.661. The normalized spacial score (nSPS) is 12.6. The lowest BCUT2D eigenvalue weighted by Gasteiger charge is -2.18. The van der Waals surface area contributed by atoms with Crippen LogP contribution in [0.25, 0.3) is 112 Å². The molecule has 5 aromatic heterocycles. The molecule has 5 nitrogen and oxygen atoms in total. The standard InChI is InChI=1S/5C27H32N/c1-16(2)23-14-26(28(7)15-25(23)17(3)4)27-19(6)9-11-22-21-10-8-18(5)12-20(21)13-24(22)27;1-16(2)22-14-26(28(7)15-25(22)17(3)4)27-19(6)9-11-21-23-12-18(5)8-10-20(23)13-24(21)27;1-16(2)22-14-26(28(7)15-25(22)17(3)4)27-19(6)11-12-21-20-10-8-9-18(5)23(20)13-24(21)27;1-16(2)22-14-25(28(7)15-24(22)17(3)4)27-19(6)11-12-21-23(27)13-20-10-8-9-18(5)26(20)21;1-16(2)22-14-25(28(7)15-24(22)17(3)4)27-19(6)12-18(5)26-21-11-9-8-10-20(21)13-23(26)27/h5*8-12,14-17H,13H2,1-7H3/q5*+1. The zero-order chi connectivity index (χ0) is 101. The monoisotopic (exact) mass is 1850 g/mol. The van der Waals surface area contributed by atoms with E-state index in [1.54, 1.807) is 0 Å². The van der Waals surface area contributed by atoms with Crippen LogP contribution >= 0.6 is 0 Å². The Kier molecular flexibility index (Phi) is 29.2. The molecule has 5 aliphatic rings. The second-order valence-electron chi connectivity index (χ2n) is 45.4. The summed E-state index contributed by atoms with van der Waals surface area (Å²) in [6.07, 6.45) is 17.0. The van der Waals surface area contributed by atoms with Gasteiger partial charge in [0.15, 0.2) is 31.0 Å². The van der Waals surface area contributed by atoms with Crippen LogP contribution in [0.3, 0.4) is 0 Å². The summed E-state index contributed by atoms with van der Waals surface area (Å²) in [5.41, 5.74) is 71.3. The first-order chi connectivity index (χ1) is 66.4. The summed E-state index contributed by atoms with van der Waals surface area (Å²) in [5, 5.41) is 0. The molecule has 0 spiro atoms. The first kappa shape index (κ1) is 101. The topological polar surface area (TPSA) is 19.4 Å². The van der Waals surface area contributed by atoms with Crippen LogP contribution in [-0.2, 0) is 67.3 Å². The number of aromatic nitrogens is 5. The van der Waals surface area contributed by atoms with Crippen molar-refractivity contribution in [1.82, 2.24) is 0 Å². The van der Waals surface area contributed by atoms with E-state index in [9.17, 15) is 0 Å². The molecule has 0 saturated heterocycles. The molecule has 140 heavy (non-hydrogen) atoms. The molecule has 5 heteroatoms. The van der Waals surface area contributed by atoms with Crippen LogP contribution in [0.2, 0.25) is 0 Å². The molecule has 0 saturated carbocycles. The number of rotatable bonds is 15. The molecule has 0 N–H and O–H groups in total. The Bertz CT molecular complexity index is 7370. The number of aryl methyl sites for hydroxylation is 15. The van der Waals surface area contributed by atoms with E-state index in [-0.39, 0.29) is 0 Å². The Morgan fingerprint density at radius 2 is 0.450 bits per heavy atom. The van der Waals surface area contributed by atoms with Crippen LogP contribution in [-0.4, -0.2) is 0 Å². The highest BCUT2D eigenvalue weighted by molar-refractivity contribution is 5.92. The fourth-order valence-electron chi connectivity index (χ4n) is 24.3. The molecule has 5 aliphatic carbocycles. The molecule has 0 amide bonds. The van der Waals surface area contributed by atoms with Gasteiger partial charge < -0.3 is 0 Å². The van der Waals surface area contributed by atoms with E-state index < -0.39 is 0 Å². The molecule has 720 valence electrons. The zero-order valence-electron chi connectivity index (χ0n) is 91.8. The molecule has 0 unspecified atom stereocenters. The lowest BCUT2D eigenvalue weighted by atomic mass is 9.87. The van der Waals surface area contributed by atoms with Crippen molar-refractivity contribution in [3.05, 3.63) is 380 Å². The van der Waals surface area contributed by atoms with Crippen molar-refractivity contribution in [1.29, 1.82) is 0 Å².